The number of para-hydroxylation sites is 1. The van der Waals surface area contributed by atoms with Gasteiger partial charge in [-0.2, -0.15) is 0 Å². The van der Waals surface area contributed by atoms with E-state index in [4.69, 9.17) is 4.74 Å². The third-order valence-corrected chi connectivity index (χ3v) is 6.56. The number of fused-ring (bicyclic) bond motifs is 3. The number of aromatic nitrogens is 2. The molecule has 2 aliphatic heterocycles. The van der Waals surface area contributed by atoms with E-state index < -0.39 is 12.2 Å². The summed E-state index contributed by atoms with van der Waals surface area (Å²) in [6.07, 6.45) is 3.43. The molecule has 0 saturated carbocycles. The first-order valence-corrected chi connectivity index (χ1v) is 11.4. The first kappa shape index (κ1) is 22.5. The van der Waals surface area contributed by atoms with Crippen molar-refractivity contribution in [1.29, 1.82) is 0 Å². The van der Waals surface area contributed by atoms with Gasteiger partial charge in [0.1, 0.15) is 0 Å². The first-order chi connectivity index (χ1) is 15.4. The van der Waals surface area contributed by atoms with Crippen LogP contribution < -0.4 is 10.1 Å². The van der Waals surface area contributed by atoms with Gasteiger partial charge in [0.2, 0.25) is 6.41 Å². The highest BCUT2D eigenvalue weighted by Gasteiger charge is 2.41. The predicted molar refractivity (Wildman–Crippen MR) is 121 cm³/mol. The van der Waals surface area contributed by atoms with Crippen LogP contribution >= 0.6 is 0 Å². The SMILES string of the molecule is CC(C)n1nc(OC(=O)N[C@@H]2C[C@H]3CC[C@@H](C2)N3CC(O)CN(C)C=O)c2ccccc21. The summed E-state index contributed by atoms with van der Waals surface area (Å²) in [7, 11) is 1.67. The Morgan fingerprint density at radius 2 is 2.00 bits per heavy atom. The second kappa shape index (κ2) is 9.46. The maximum atomic E-state index is 12.7. The van der Waals surface area contributed by atoms with Crippen LogP contribution in [0, 0.1) is 0 Å². The molecule has 2 fully saturated rings. The van der Waals surface area contributed by atoms with Crippen LogP contribution in [0.15, 0.2) is 24.3 Å². The molecule has 2 amide bonds. The molecule has 0 aliphatic carbocycles. The quantitative estimate of drug-likeness (QED) is 0.607. The van der Waals surface area contributed by atoms with E-state index in [1.807, 2.05) is 42.8 Å². The number of aliphatic hydroxyl groups excluding tert-OH is 1. The minimum absolute atomic E-state index is 0.0319. The smallest absolute Gasteiger partial charge is 0.390 e. The third kappa shape index (κ3) is 4.73. The normalized spacial score (nSPS) is 24.0. The molecule has 4 rings (SSSR count). The van der Waals surface area contributed by atoms with Gasteiger partial charge in [0.15, 0.2) is 0 Å². The lowest BCUT2D eigenvalue weighted by molar-refractivity contribution is -0.118. The number of piperidine rings is 1. The standard InChI is InChI=1S/C23H33N5O4/c1-15(2)28-21-7-5-4-6-20(21)22(25-28)32-23(31)24-16-10-17-8-9-18(11-16)27(17)13-19(30)12-26(3)14-29/h4-7,14-19,30H,8-13H2,1-3H3,(H,24,31)/t16-,17-,18+,19?. The number of carbonyl (C=O) groups is 2. The van der Waals surface area contributed by atoms with Gasteiger partial charge in [-0.15, -0.1) is 5.10 Å². The second-order valence-corrected chi connectivity index (χ2v) is 9.34. The van der Waals surface area contributed by atoms with E-state index in [9.17, 15) is 14.7 Å². The summed E-state index contributed by atoms with van der Waals surface area (Å²) < 4.78 is 7.49. The molecule has 2 aliphatic rings. The highest BCUT2D eigenvalue weighted by molar-refractivity contribution is 5.87. The van der Waals surface area contributed by atoms with Gasteiger partial charge < -0.3 is 20.1 Å². The minimum atomic E-state index is -0.577. The lowest BCUT2D eigenvalue weighted by atomic mass is 9.97. The number of nitrogens with one attached hydrogen (secondary N) is 1. The number of benzene rings is 1. The highest BCUT2D eigenvalue weighted by Crippen LogP contribution is 2.36. The number of rotatable bonds is 8. The molecule has 1 aromatic carbocycles. The fourth-order valence-corrected chi connectivity index (χ4v) is 5.18. The molecule has 0 radical (unpaired) electrons. The summed E-state index contributed by atoms with van der Waals surface area (Å²) in [6, 6.07) is 8.56. The predicted octanol–water partition coefficient (Wildman–Crippen LogP) is 2.15. The zero-order valence-corrected chi connectivity index (χ0v) is 19.0. The second-order valence-electron chi connectivity index (χ2n) is 9.34. The minimum Gasteiger partial charge on any atom is -0.390 e. The van der Waals surface area contributed by atoms with Crippen LogP contribution in [0.25, 0.3) is 10.9 Å². The van der Waals surface area contributed by atoms with Gasteiger partial charge in [-0.1, -0.05) is 12.1 Å². The van der Waals surface area contributed by atoms with Crippen molar-refractivity contribution in [2.24, 2.45) is 0 Å². The molecule has 2 saturated heterocycles. The van der Waals surface area contributed by atoms with E-state index in [0.717, 1.165) is 43.0 Å². The van der Waals surface area contributed by atoms with Crippen molar-refractivity contribution in [1.82, 2.24) is 24.9 Å². The van der Waals surface area contributed by atoms with E-state index in [-0.39, 0.29) is 12.1 Å². The first-order valence-electron chi connectivity index (χ1n) is 11.4. The summed E-state index contributed by atoms with van der Waals surface area (Å²) in [5.41, 5.74) is 0.940. The zero-order chi connectivity index (χ0) is 22.8. The van der Waals surface area contributed by atoms with Crippen LogP contribution in [0.1, 0.15) is 45.6 Å². The molecule has 1 aromatic heterocycles. The Labute approximate surface area is 188 Å². The van der Waals surface area contributed by atoms with Crippen molar-refractivity contribution in [2.45, 2.75) is 69.8 Å². The van der Waals surface area contributed by atoms with Gasteiger partial charge in [-0.05, 0) is 51.7 Å². The summed E-state index contributed by atoms with van der Waals surface area (Å²) >= 11 is 0. The highest BCUT2D eigenvalue weighted by atomic mass is 16.6. The van der Waals surface area contributed by atoms with Crippen LogP contribution in [-0.2, 0) is 4.79 Å². The lowest BCUT2D eigenvalue weighted by Crippen LogP contribution is -2.53. The van der Waals surface area contributed by atoms with Gasteiger partial charge in [0.25, 0.3) is 5.88 Å². The van der Waals surface area contributed by atoms with Gasteiger partial charge in [0.05, 0.1) is 17.0 Å². The molecular formula is C23H33N5O4. The zero-order valence-electron chi connectivity index (χ0n) is 19.0. The van der Waals surface area contributed by atoms with Gasteiger partial charge in [0, 0.05) is 44.3 Å². The Morgan fingerprint density at radius 3 is 2.66 bits per heavy atom. The van der Waals surface area contributed by atoms with Crippen LogP contribution in [0.5, 0.6) is 5.88 Å². The van der Waals surface area contributed by atoms with E-state index in [2.05, 4.69) is 15.3 Å². The maximum Gasteiger partial charge on any atom is 0.414 e. The van der Waals surface area contributed by atoms with Crippen LogP contribution in [-0.4, -0.2) is 81.6 Å². The Morgan fingerprint density at radius 1 is 1.31 bits per heavy atom. The Balaban J connectivity index is 1.35. The van der Waals surface area contributed by atoms with Crippen molar-refractivity contribution >= 4 is 23.4 Å². The number of hydrogen-bond donors (Lipinski definition) is 2. The van der Waals surface area contributed by atoms with E-state index >= 15 is 0 Å². The van der Waals surface area contributed by atoms with E-state index in [1.54, 1.807) is 7.05 Å². The molecule has 32 heavy (non-hydrogen) atoms. The molecule has 0 spiro atoms. The summed E-state index contributed by atoms with van der Waals surface area (Å²) in [4.78, 5) is 27.3. The van der Waals surface area contributed by atoms with Crippen molar-refractivity contribution in [3.05, 3.63) is 24.3 Å². The van der Waals surface area contributed by atoms with Gasteiger partial charge >= 0.3 is 6.09 Å². The number of hydrogen-bond acceptors (Lipinski definition) is 6. The average molecular weight is 444 g/mol. The molecular weight excluding hydrogens is 410 g/mol. The molecule has 4 atom stereocenters. The topological polar surface area (TPSA) is 99.9 Å². The third-order valence-electron chi connectivity index (χ3n) is 6.56. The van der Waals surface area contributed by atoms with Crippen molar-refractivity contribution < 1.29 is 19.4 Å². The summed E-state index contributed by atoms with van der Waals surface area (Å²) in [6.45, 7) is 4.95. The number of nitrogens with zero attached hydrogens (tertiary/aromatic N) is 4. The molecule has 2 aromatic rings. The van der Waals surface area contributed by atoms with Crippen LogP contribution in [0.4, 0.5) is 4.79 Å². The number of ether oxygens (including phenoxy) is 1. The molecule has 1 unspecified atom stereocenters. The fourth-order valence-electron chi connectivity index (χ4n) is 5.18. The van der Waals surface area contributed by atoms with Gasteiger partial charge in [-0.3, -0.25) is 14.4 Å². The van der Waals surface area contributed by atoms with E-state index in [1.165, 1.54) is 4.90 Å². The Hall–Kier alpha value is -2.65. The lowest BCUT2D eigenvalue weighted by Gasteiger charge is -2.40. The van der Waals surface area contributed by atoms with Crippen LogP contribution in [0.3, 0.4) is 0 Å². The number of carbonyl (C=O) groups excluding carboxylic acids is 2. The fraction of sp³-hybridized carbons (Fsp3) is 0.609. The molecule has 2 N–H and O–H groups in total. The average Bonchev–Trinajstić information content (AvgIpc) is 3.21. The number of amides is 2. The van der Waals surface area contributed by atoms with Crippen molar-refractivity contribution in [3.8, 4) is 5.88 Å². The molecule has 2 bridgehead atoms. The van der Waals surface area contributed by atoms with E-state index in [0.29, 0.717) is 31.1 Å². The van der Waals surface area contributed by atoms with Crippen LogP contribution in [0.2, 0.25) is 0 Å². The van der Waals surface area contributed by atoms with Gasteiger partial charge in [-0.25, -0.2) is 4.79 Å². The molecule has 3 heterocycles. The maximum absolute atomic E-state index is 12.7. The Kier molecular flexibility index (Phi) is 6.66. The largest absolute Gasteiger partial charge is 0.414 e. The molecule has 174 valence electrons. The molecule has 9 heteroatoms. The number of likely N-dealkylation sites (N-methyl/N-ethyl adjacent to an activating group) is 1. The van der Waals surface area contributed by atoms with Crippen molar-refractivity contribution in [3.63, 3.8) is 0 Å². The van der Waals surface area contributed by atoms with Crippen molar-refractivity contribution in [2.75, 3.05) is 20.1 Å². The summed E-state index contributed by atoms with van der Waals surface area (Å²) in [5.74, 6) is 0.328. The molecule has 9 nitrogen and oxygen atoms in total. The number of aliphatic hydroxyl groups is 1. The summed E-state index contributed by atoms with van der Waals surface area (Å²) in [5, 5.41) is 18.7. The Bertz CT molecular complexity index is 947. The monoisotopic (exact) mass is 443 g/mol.